The largest absolute Gasteiger partial charge is 0.388 e. The van der Waals surface area contributed by atoms with Gasteiger partial charge in [-0.2, -0.15) is 0 Å². The third kappa shape index (κ3) is 2.61. The lowest BCUT2D eigenvalue weighted by Gasteiger charge is -2.21. The second-order valence-electron chi connectivity index (χ2n) is 4.28. The number of rotatable bonds is 4. The van der Waals surface area contributed by atoms with Gasteiger partial charge in [-0.25, -0.2) is 4.79 Å². The molecule has 106 valence electrons. The highest BCUT2D eigenvalue weighted by molar-refractivity contribution is 4.93. The Hall–Kier alpha value is -1.48. The van der Waals surface area contributed by atoms with E-state index in [1.54, 1.807) is 0 Å². The fourth-order valence-corrected chi connectivity index (χ4v) is 2.20. The first kappa shape index (κ1) is 13.9. The van der Waals surface area contributed by atoms with Gasteiger partial charge >= 0.3 is 5.69 Å². The average molecular weight is 271 g/mol. The van der Waals surface area contributed by atoms with Gasteiger partial charge in [0.15, 0.2) is 6.23 Å². The maximum atomic E-state index is 11.7. The number of aliphatic hydroxyl groups excluding tert-OH is 1. The van der Waals surface area contributed by atoms with Crippen molar-refractivity contribution < 1.29 is 14.6 Å². The van der Waals surface area contributed by atoms with Crippen LogP contribution >= 0.6 is 0 Å². The number of aromatic amines is 1. The van der Waals surface area contributed by atoms with Crippen LogP contribution in [0.15, 0.2) is 21.9 Å². The van der Waals surface area contributed by atoms with Gasteiger partial charge in [0.05, 0.1) is 12.8 Å². The zero-order valence-corrected chi connectivity index (χ0v) is 10.5. The van der Waals surface area contributed by atoms with E-state index in [0.717, 1.165) is 0 Å². The van der Waals surface area contributed by atoms with Crippen LogP contribution in [0.2, 0.25) is 0 Å². The summed E-state index contributed by atoms with van der Waals surface area (Å²) in [7, 11) is 0. The van der Waals surface area contributed by atoms with Crippen molar-refractivity contribution in [3.8, 4) is 0 Å². The summed E-state index contributed by atoms with van der Waals surface area (Å²) in [5.41, 5.74) is 4.21. The summed E-state index contributed by atoms with van der Waals surface area (Å²) in [6.45, 7) is 1.75. The number of aromatic nitrogens is 2. The Labute approximate surface area is 108 Å². The van der Waals surface area contributed by atoms with Crippen LogP contribution in [0.3, 0.4) is 0 Å². The van der Waals surface area contributed by atoms with E-state index in [4.69, 9.17) is 15.2 Å². The number of ether oxygens (including phenoxy) is 2. The smallest absolute Gasteiger partial charge is 0.330 e. The molecule has 0 aliphatic carbocycles. The van der Waals surface area contributed by atoms with Crippen LogP contribution in [-0.2, 0) is 9.47 Å². The summed E-state index contributed by atoms with van der Waals surface area (Å²) < 4.78 is 12.0. The van der Waals surface area contributed by atoms with Crippen LogP contribution in [0.5, 0.6) is 0 Å². The highest BCUT2D eigenvalue weighted by atomic mass is 16.6. The molecule has 0 saturated carbocycles. The lowest BCUT2D eigenvalue weighted by atomic mass is 10.1. The van der Waals surface area contributed by atoms with Gasteiger partial charge in [0.1, 0.15) is 12.2 Å². The Morgan fingerprint density at radius 2 is 2.32 bits per heavy atom. The molecule has 1 aliphatic rings. The number of nitrogens with two attached hydrogens (primary N) is 1. The van der Waals surface area contributed by atoms with Crippen LogP contribution in [0, 0.1) is 0 Å². The molecular formula is C11H17N3O5. The molecule has 1 aromatic heterocycles. The monoisotopic (exact) mass is 271 g/mol. The number of H-pyrrole nitrogens is 1. The molecule has 19 heavy (non-hydrogen) atoms. The third-order valence-corrected chi connectivity index (χ3v) is 3.13. The van der Waals surface area contributed by atoms with Crippen LogP contribution in [0.1, 0.15) is 19.6 Å². The van der Waals surface area contributed by atoms with Crippen LogP contribution in [0.4, 0.5) is 0 Å². The van der Waals surface area contributed by atoms with Crippen molar-refractivity contribution in [2.24, 2.45) is 5.73 Å². The van der Waals surface area contributed by atoms with Gasteiger partial charge in [0.25, 0.3) is 5.56 Å². The Morgan fingerprint density at radius 3 is 2.89 bits per heavy atom. The van der Waals surface area contributed by atoms with E-state index in [9.17, 15) is 14.7 Å². The maximum absolute atomic E-state index is 11.7. The third-order valence-electron chi connectivity index (χ3n) is 3.13. The second kappa shape index (κ2) is 5.66. The van der Waals surface area contributed by atoms with Crippen molar-refractivity contribution >= 4 is 0 Å². The molecular weight excluding hydrogens is 254 g/mol. The number of aliphatic hydroxyl groups is 1. The molecule has 1 fully saturated rings. The predicted molar refractivity (Wildman–Crippen MR) is 65.5 cm³/mol. The highest BCUT2D eigenvalue weighted by Crippen LogP contribution is 2.31. The van der Waals surface area contributed by atoms with Crippen molar-refractivity contribution in [1.29, 1.82) is 0 Å². The van der Waals surface area contributed by atoms with Crippen LogP contribution in [-0.4, -0.2) is 39.7 Å². The first-order valence-electron chi connectivity index (χ1n) is 6.05. The topological polar surface area (TPSA) is 120 Å². The summed E-state index contributed by atoms with van der Waals surface area (Å²) in [4.78, 5) is 24.9. The molecule has 0 bridgehead atoms. The first-order chi connectivity index (χ1) is 9.08. The highest BCUT2D eigenvalue weighted by Gasteiger charge is 2.44. The summed E-state index contributed by atoms with van der Waals surface area (Å²) in [5, 5.41) is 10.1. The van der Waals surface area contributed by atoms with Crippen molar-refractivity contribution in [2.45, 2.75) is 37.9 Å². The van der Waals surface area contributed by atoms with Gasteiger partial charge in [-0.3, -0.25) is 14.3 Å². The van der Waals surface area contributed by atoms with Crippen molar-refractivity contribution in [3.05, 3.63) is 33.1 Å². The molecule has 2 rings (SSSR count). The Morgan fingerprint density at radius 1 is 1.58 bits per heavy atom. The average Bonchev–Trinajstić information content (AvgIpc) is 2.68. The lowest BCUT2D eigenvalue weighted by molar-refractivity contribution is -0.0691. The van der Waals surface area contributed by atoms with E-state index in [-0.39, 0.29) is 6.73 Å². The van der Waals surface area contributed by atoms with Gasteiger partial charge in [-0.05, 0) is 6.42 Å². The Bertz CT molecular complexity index is 540. The molecule has 1 saturated heterocycles. The van der Waals surface area contributed by atoms with E-state index >= 15 is 0 Å². The molecule has 8 heteroatoms. The molecule has 0 spiro atoms. The molecule has 2 heterocycles. The fourth-order valence-electron chi connectivity index (χ4n) is 2.20. The standard InChI is InChI=1S/C11H17N3O5/c1-2-6-8(16)9(18-5-12)10(19-6)14-4-3-7(15)13-11(14)17/h3-4,6,8-10,16H,2,5,12H2,1H3,(H,13,15,17)/t6-,8?,9+,10-/m1/s1. The minimum atomic E-state index is -0.877. The van der Waals surface area contributed by atoms with Crippen LogP contribution < -0.4 is 17.0 Å². The molecule has 0 aromatic carbocycles. The number of nitrogens with one attached hydrogen (secondary N) is 1. The van der Waals surface area contributed by atoms with Gasteiger partial charge < -0.3 is 20.3 Å². The number of hydrogen-bond acceptors (Lipinski definition) is 6. The normalized spacial score (nSPS) is 30.7. The minimum absolute atomic E-state index is 0.101. The number of nitrogens with zero attached hydrogens (tertiary/aromatic N) is 1. The zero-order valence-electron chi connectivity index (χ0n) is 10.5. The molecule has 4 atom stereocenters. The van der Waals surface area contributed by atoms with Crippen molar-refractivity contribution in [1.82, 2.24) is 9.55 Å². The summed E-state index contributed by atoms with van der Waals surface area (Å²) in [6.07, 6.45) is -1.01. The lowest BCUT2D eigenvalue weighted by Crippen LogP contribution is -2.39. The van der Waals surface area contributed by atoms with Gasteiger partial charge in [-0.1, -0.05) is 6.92 Å². The summed E-state index contributed by atoms with van der Waals surface area (Å²) in [6, 6.07) is 1.20. The Kier molecular flexibility index (Phi) is 4.15. The van der Waals surface area contributed by atoms with E-state index in [1.807, 2.05) is 6.92 Å². The first-order valence-corrected chi connectivity index (χ1v) is 6.05. The van der Waals surface area contributed by atoms with E-state index in [1.165, 1.54) is 16.8 Å². The predicted octanol–water partition coefficient (Wildman–Crippen LogP) is -1.49. The molecule has 4 N–H and O–H groups in total. The van der Waals surface area contributed by atoms with E-state index in [0.29, 0.717) is 6.42 Å². The van der Waals surface area contributed by atoms with Gasteiger partial charge in [-0.15, -0.1) is 0 Å². The van der Waals surface area contributed by atoms with Crippen molar-refractivity contribution in [3.63, 3.8) is 0 Å². The fraction of sp³-hybridized carbons (Fsp3) is 0.636. The second-order valence-corrected chi connectivity index (χ2v) is 4.28. The molecule has 1 unspecified atom stereocenters. The number of hydrogen-bond donors (Lipinski definition) is 3. The van der Waals surface area contributed by atoms with Crippen LogP contribution in [0.25, 0.3) is 0 Å². The SMILES string of the molecule is CC[C@H]1O[C@@H](n2ccc(=O)[nH]c2=O)[C@@H](OCN)C1O. The zero-order chi connectivity index (χ0) is 14.0. The molecule has 8 nitrogen and oxygen atoms in total. The van der Waals surface area contributed by atoms with Gasteiger partial charge in [0.2, 0.25) is 0 Å². The summed E-state index contributed by atoms with van der Waals surface area (Å²) >= 11 is 0. The molecule has 0 amide bonds. The van der Waals surface area contributed by atoms with Gasteiger partial charge in [0, 0.05) is 12.3 Å². The van der Waals surface area contributed by atoms with Crippen molar-refractivity contribution in [2.75, 3.05) is 6.73 Å². The minimum Gasteiger partial charge on any atom is -0.388 e. The Balaban J connectivity index is 2.36. The summed E-state index contributed by atoms with van der Waals surface area (Å²) in [5.74, 6) is 0. The van der Waals surface area contributed by atoms with E-state index < -0.39 is 35.8 Å². The molecule has 1 aromatic rings. The maximum Gasteiger partial charge on any atom is 0.330 e. The quantitative estimate of drug-likeness (QED) is 0.574. The molecule has 1 aliphatic heterocycles. The molecule has 0 radical (unpaired) electrons. The van der Waals surface area contributed by atoms with E-state index in [2.05, 4.69) is 4.98 Å².